The van der Waals surface area contributed by atoms with Gasteiger partial charge in [-0.25, -0.2) is 19.6 Å². The van der Waals surface area contributed by atoms with E-state index < -0.39 is 11.3 Å². The Morgan fingerprint density at radius 2 is 1.75 bits per heavy atom. The maximum atomic E-state index is 11.9. The summed E-state index contributed by atoms with van der Waals surface area (Å²) in [5.74, 6) is 0.468. The Labute approximate surface area is 212 Å². The van der Waals surface area contributed by atoms with E-state index in [0.29, 0.717) is 34.6 Å². The van der Waals surface area contributed by atoms with Gasteiger partial charge in [-0.15, -0.1) is 0 Å². The van der Waals surface area contributed by atoms with Crippen LogP contribution in [0.1, 0.15) is 25.3 Å². The fraction of sp³-hybridized carbons (Fsp3) is 0.440. The lowest BCUT2D eigenvalue weighted by Crippen LogP contribution is -2.40. The van der Waals surface area contributed by atoms with Crippen LogP contribution in [0.5, 0.6) is 0 Å². The molecule has 0 spiro atoms. The molecule has 0 bridgehead atoms. The molecule has 192 valence electrons. The van der Waals surface area contributed by atoms with E-state index in [0.717, 1.165) is 48.4 Å². The van der Waals surface area contributed by atoms with Crippen LogP contribution in [0.15, 0.2) is 42.7 Å². The van der Waals surface area contributed by atoms with Crippen molar-refractivity contribution in [2.24, 2.45) is 0 Å². The van der Waals surface area contributed by atoms with Crippen molar-refractivity contribution in [2.45, 2.75) is 32.5 Å². The SMILES string of the molecule is CCC(NCc1ccc(-c2nc(NCCCN(C)C)nc3sc4oc(=O)c(=O)oc4c23)cc1)N(C)C. The van der Waals surface area contributed by atoms with Gasteiger partial charge in [-0.2, -0.15) is 0 Å². The van der Waals surface area contributed by atoms with E-state index >= 15 is 0 Å². The largest absolute Gasteiger partial charge is 0.424 e. The van der Waals surface area contributed by atoms with Crippen molar-refractivity contribution in [1.29, 1.82) is 0 Å². The second kappa shape index (κ2) is 11.3. The summed E-state index contributed by atoms with van der Waals surface area (Å²) in [6.45, 7) is 4.52. The van der Waals surface area contributed by atoms with E-state index in [1.165, 1.54) is 0 Å². The fourth-order valence-electron chi connectivity index (χ4n) is 3.97. The standard InChI is InChI=1S/C25H32N6O4S/c1-6-17(31(4)5)27-14-15-8-10-16(11-9-15)19-18-20-24(35-23(33)22(32)34-20)36-21(18)29-25(28-19)26-12-7-13-30(2)3/h8-11,17,27H,6-7,12-14H2,1-5H3,(H,26,28,29). The number of fused-ring (bicyclic) bond motifs is 3. The molecule has 0 fully saturated rings. The zero-order valence-corrected chi connectivity index (χ0v) is 22.1. The lowest BCUT2D eigenvalue weighted by atomic mass is 10.1. The number of benzene rings is 1. The van der Waals surface area contributed by atoms with Gasteiger partial charge in [-0.05, 0) is 53.1 Å². The van der Waals surface area contributed by atoms with Crippen LogP contribution in [0.25, 0.3) is 32.0 Å². The first kappa shape index (κ1) is 26.0. The first-order chi connectivity index (χ1) is 17.3. The van der Waals surface area contributed by atoms with Crippen molar-refractivity contribution < 1.29 is 8.83 Å². The lowest BCUT2D eigenvalue weighted by molar-refractivity contribution is 0.237. The van der Waals surface area contributed by atoms with Crippen LogP contribution in [0.3, 0.4) is 0 Å². The Morgan fingerprint density at radius 1 is 1.03 bits per heavy atom. The van der Waals surface area contributed by atoms with Gasteiger partial charge in [0, 0.05) is 18.7 Å². The van der Waals surface area contributed by atoms with Crippen LogP contribution in [0.2, 0.25) is 0 Å². The summed E-state index contributed by atoms with van der Waals surface area (Å²) in [5.41, 5.74) is 0.695. The molecule has 0 amide bonds. The molecule has 4 rings (SSSR count). The van der Waals surface area contributed by atoms with Crippen LogP contribution >= 0.6 is 11.3 Å². The number of rotatable bonds is 11. The Kier molecular flexibility index (Phi) is 8.14. The number of hydrogen-bond acceptors (Lipinski definition) is 11. The van der Waals surface area contributed by atoms with Gasteiger partial charge in [0.25, 0.3) is 0 Å². The van der Waals surface area contributed by atoms with Gasteiger partial charge in [0.1, 0.15) is 4.83 Å². The zero-order valence-electron chi connectivity index (χ0n) is 21.3. The quantitative estimate of drug-likeness (QED) is 0.176. The second-order valence-corrected chi connectivity index (χ2v) is 10.1. The summed E-state index contributed by atoms with van der Waals surface area (Å²) in [4.78, 5) is 38.1. The Morgan fingerprint density at radius 3 is 2.42 bits per heavy atom. The lowest BCUT2D eigenvalue weighted by Gasteiger charge is -2.24. The molecule has 11 heteroatoms. The fourth-order valence-corrected chi connectivity index (χ4v) is 4.92. The van der Waals surface area contributed by atoms with E-state index in [9.17, 15) is 9.59 Å². The van der Waals surface area contributed by atoms with Crippen LogP contribution < -0.4 is 21.9 Å². The number of hydrogen-bond donors (Lipinski definition) is 2. The molecule has 4 aromatic rings. The molecule has 0 radical (unpaired) electrons. The molecule has 3 aromatic heterocycles. The highest BCUT2D eigenvalue weighted by atomic mass is 32.1. The van der Waals surface area contributed by atoms with Gasteiger partial charge in [0.15, 0.2) is 5.58 Å². The molecule has 0 aliphatic rings. The molecule has 36 heavy (non-hydrogen) atoms. The van der Waals surface area contributed by atoms with Crippen LogP contribution in [-0.4, -0.2) is 67.2 Å². The summed E-state index contributed by atoms with van der Waals surface area (Å²) >= 11 is 1.16. The Balaban J connectivity index is 1.71. The van der Waals surface area contributed by atoms with E-state index in [4.69, 9.17) is 13.8 Å². The van der Waals surface area contributed by atoms with E-state index in [2.05, 4.69) is 46.4 Å². The molecular formula is C25H32N6O4S. The number of aromatic nitrogens is 2. The normalized spacial score (nSPS) is 12.8. The van der Waals surface area contributed by atoms with Crippen LogP contribution in [0.4, 0.5) is 5.95 Å². The van der Waals surface area contributed by atoms with Gasteiger partial charge >= 0.3 is 11.3 Å². The van der Waals surface area contributed by atoms with Gasteiger partial charge in [0.2, 0.25) is 10.8 Å². The minimum Gasteiger partial charge on any atom is -0.412 e. The second-order valence-electron chi connectivity index (χ2n) is 9.12. The summed E-state index contributed by atoms with van der Waals surface area (Å²) in [7, 11) is 8.17. The topological polar surface area (TPSA) is 117 Å². The maximum absolute atomic E-state index is 11.9. The first-order valence-corrected chi connectivity index (χ1v) is 12.7. The number of thiophene rings is 1. The van der Waals surface area contributed by atoms with Crippen molar-refractivity contribution in [1.82, 2.24) is 25.1 Å². The highest BCUT2D eigenvalue weighted by Crippen LogP contribution is 2.37. The average molecular weight is 513 g/mol. The molecule has 1 unspecified atom stereocenters. The summed E-state index contributed by atoms with van der Waals surface area (Å²) in [6.07, 6.45) is 2.22. The molecule has 3 heterocycles. The third-order valence-electron chi connectivity index (χ3n) is 5.87. The molecule has 0 aliphatic heterocycles. The van der Waals surface area contributed by atoms with Crippen LogP contribution in [0, 0.1) is 0 Å². The molecule has 2 N–H and O–H groups in total. The molecule has 0 aliphatic carbocycles. The van der Waals surface area contributed by atoms with Crippen molar-refractivity contribution in [3.05, 3.63) is 50.7 Å². The van der Waals surface area contributed by atoms with Crippen molar-refractivity contribution in [3.63, 3.8) is 0 Å². The van der Waals surface area contributed by atoms with Crippen molar-refractivity contribution in [2.75, 3.05) is 46.6 Å². The van der Waals surface area contributed by atoms with Gasteiger partial charge < -0.3 is 19.1 Å². The van der Waals surface area contributed by atoms with Gasteiger partial charge in [-0.3, -0.25) is 10.2 Å². The molecule has 1 aromatic carbocycles. The van der Waals surface area contributed by atoms with E-state index in [1.54, 1.807) is 0 Å². The highest BCUT2D eigenvalue weighted by molar-refractivity contribution is 7.24. The number of anilines is 1. The Hall–Kier alpha value is -3.12. The summed E-state index contributed by atoms with van der Waals surface area (Å²) in [5, 5.41) is 7.39. The third-order valence-corrected chi connectivity index (χ3v) is 6.81. The smallest absolute Gasteiger partial charge is 0.412 e. The highest BCUT2D eigenvalue weighted by Gasteiger charge is 2.20. The first-order valence-electron chi connectivity index (χ1n) is 11.9. The average Bonchev–Trinajstić information content (AvgIpc) is 3.19. The monoisotopic (exact) mass is 512 g/mol. The van der Waals surface area contributed by atoms with Gasteiger partial charge in [0.05, 0.1) is 17.2 Å². The molecule has 10 nitrogen and oxygen atoms in total. The molecule has 1 atom stereocenters. The number of nitrogens with zero attached hydrogens (tertiary/aromatic N) is 4. The summed E-state index contributed by atoms with van der Waals surface area (Å²) in [6, 6.07) is 8.08. The maximum Gasteiger partial charge on any atom is 0.424 e. The van der Waals surface area contributed by atoms with Crippen LogP contribution in [-0.2, 0) is 6.54 Å². The third kappa shape index (κ3) is 5.81. The van der Waals surface area contributed by atoms with Crippen molar-refractivity contribution >= 4 is 38.0 Å². The zero-order chi connectivity index (χ0) is 25.8. The molecule has 0 saturated heterocycles. The predicted octanol–water partition coefficient (Wildman–Crippen LogP) is 3.17. The summed E-state index contributed by atoms with van der Waals surface area (Å²) < 4.78 is 10.5. The van der Waals surface area contributed by atoms with E-state index in [-0.39, 0.29) is 10.5 Å². The minimum absolute atomic E-state index is 0.191. The molecular weight excluding hydrogens is 480 g/mol. The minimum atomic E-state index is -1.05. The van der Waals surface area contributed by atoms with E-state index in [1.807, 2.05) is 38.4 Å². The van der Waals surface area contributed by atoms with Gasteiger partial charge in [-0.1, -0.05) is 42.5 Å². The van der Waals surface area contributed by atoms with Crippen molar-refractivity contribution in [3.8, 4) is 11.3 Å². The predicted molar refractivity (Wildman–Crippen MR) is 144 cm³/mol. The molecule has 0 saturated carbocycles. The number of nitrogens with one attached hydrogen (secondary N) is 2. The Bertz CT molecular complexity index is 1440.